The van der Waals surface area contributed by atoms with Crippen molar-refractivity contribution in [1.82, 2.24) is 0 Å². The smallest absolute Gasteiger partial charge is 0.343 e. The van der Waals surface area contributed by atoms with E-state index in [0.29, 0.717) is 34.1 Å². The maximum absolute atomic E-state index is 12.6. The lowest BCUT2D eigenvalue weighted by atomic mass is 9.83. The number of hydrogen-bond donors (Lipinski definition) is 1. The molecule has 1 aliphatic heterocycles. The number of methoxy groups -OCH3 is 3. The summed E-state index contributed by atoms with van der Waals surface area (Å²) in [6.45, 7) is 0. The number of benzene rings is 3. The molecule has 0 unspecified atom stereocenters. The molecule has 0 aromatic heterocycles. The second kappa shape index (κ2) is 9.46. The molecule has 0 amide bonds. The molecule has 0 fully saturated rings. The van der Waals surface area contributed by atoms with Crippen molar-refractivity contribution in [3.8, 4) is 34.8 Å². The van der Waals surface area contributed by atoms with E-state index in [0.717, 1.165) is 5.56 Å². The first-order valence-corrected chi connectivity index (χ1v) is 10.3. The van der Waals surface area contributed by atoms with Gasteiger partial charge in [-0.2, -0.15) is 5.26 Å². The van der Waals surface area contributed by atoms with Crippen molar-refractivity contribution in [3.63, 3.8) is 0 Å². The van der Waals surface area contributed by atoms with Crippen LogP contribution in [0.1, 0.15) is 27.4 Å². The maximum atomic E-state index is 12.6. The molecule has 8 nitrogen and oxygen atoms in total. The Labute approximate surface area is 196 Å². The highest BCUT2D eigenvalue weighted by Gasteiger charge is 2.31. The quantitative estimate of drug-likeness (QED) is 0.433. The number of ether oxygens (including phenoxy) is 5. The van der Waals surface area contributed by atoms with Gasteiger partial charge in [0.2, 0.25) is 5.88 Å². The molecule has 1 aliphatic rings. The van der Waals surface area contributed by atoms with E-state index in [1.807, 2.05) is 6.07 Å². The van der Waals surface area contributed by atoms with Crippen molar-refractivity contribution in [2.45, 2.75) is 5.92 Å². The van der Waals surface area contributed by atoms with Crippen LogP contribution in [0.4, 0.5) is 0 Å². The van der Waals surface area contributed by atoms with Crippen molar-refractivity contribution in [2.75, 3.05) is 21.3 Å². The SMILES string of the molecule is COc1cccc(C(=O)Oc2ccc3c(c2)OC(N)=C(C#N)[C@@H]3c2ccc(OC)c(OC)c2)c1. The Morgan fingerprint density at radius 3 is 2.44 bits per heavy atom. The van der Waals surface area contributed by atoms with E-state index in [1.165, 1.54) is 14.2 Å². The highest BCUT2D eigenvalue weighted by Crippen LogP contribution is 2.45. The molecule has 0 bridgehead atoms. The molecular formula is C26H22N2O6. The number of rotatable bonds is 6. The Hall–Kier alpha value is -4.64. The standard InChI is InChI=1S/C26H22N2O6/c1-30-17-6-4-5-16(11-17)26(29)33-18-8-9-19-22(13-18)34-25(28)20(14-27)24(19)15-7-10-21(31-2)23(12-15)32-3/h4-13,24H,28H2,1-3H3/t24-/m1/s1. The third-order valence-electron chi connectivity index (χ3n) is 5.45. The lowest BCUT2D eigenvalue weighted by molar-refractivity contribution is 0.0734. The Balaban J connectivity index is 1.70. The first-order chi connectivity index (χ1) is 16.5. The van der Waals surface area contributed by atoms with Crippen LogP contribution in [0.3, 0.4) is 0 Å². The second-order valence-corrected chi connectivity index (χ2v) is 7.36. The summed E-state index contributed by atoms with van der Waals surface area (Å²) in [7, 11) is 4.61. The van der Waals surface area contributed by atoms with Gasteiger partial charge in [-0.25, -0.2) is 4.79 Å². The Morgan fingerprint density at radius 1 is 0.941 bits per heavy atom. The molecule has 1 atom stereocenters. The highest BCUT2D eigenvalue weighted by molar-refractivity contribution is 5.91. The zero-order valence-electron chi connectivity index (χ0n) is 18.8. The third kappa shape index (κ3) is 4.19. The molecule has 2 N–H and O–H groups in total. The molecular weight excluding hydrogens is 436 g/mol. The largest absolute Gasteiger partial charge is 0.497 e. The molecule has 4 rings (SSSR count). The van der Waals surface area contributed by atoms with Gasteiger partial charge in [0.25, 0.3) is 0 Å². The maximum Gasteiger partial charge on any atom is 0.343 e. The van der Waals surface area contributed by atoms with Crippen molar-refractivity contribution in [3.05, 3.63) is 88.8 Å². The molecule has 34 heavy (non-hydrogen) atoms. The number of carbonyl (C=O) groups is 1. The third-order valence-corrected chi connectivity index (χ3v) is 5.45. The summed E-state index contributed by atoms with van der Waals surface area (Å²) in [4.78, 5) is 12.6. The minimum atomic E-state index is -0.549. The molecule has 0 spiro atoms. The normalized spacial score (nSPS) is 14.4. The van der Waals surface area contributed by atoms with Gasteiger partial charge in [0.05, 0.1) is 32.8 Å². The van der Waals surface area contributed by atoms with Gasteiger partial charge < -0.3 is 29.4 Å². The first-order valence-electron chi connectivity index (χ1n) is 10.3. The van der Waals surface area contributed by atoms with Gasteiger partial charge in [0, 0.05) is 11.6 Å². The van der Waals surface area contributed by atoms with Gasteiger partial charge in [0.15, 0.2) is 11.5 Å². The van der Waals surface area contributed by atoms with Crippen LogP contribution in [0.15, 0.2) is 72.1 Å². The first kappa shape index (κ1) is 22.6. The Bertz CT molecular complexity index is 1330. The van der Waals surface area contributed by atoms with E-state index in [4.69, 9.17) is 29.4 Å². The average Bonchev–Trinajstić information content (AvgIpc) is 2.87. The average molecular weight is 458 g/mol. The predicted octanol–water partition coefficient (Wildman–Crippen LogP) is 4.15. The van der Waals surface area contributed by atoms with E-state index < -0.39 is 11.9 Å². The molecule has 1 heterocycles. The zero-order valence-corrected chi connectivity index (χ0v) is 18.8. The Morgan fingerprint density at radius 2 is 1.74 bits per heavy atom. The van der Waals surface area contributed by atoms with Crippen LogP contribution < -0.4 is 29.4 Å². The van der Waals surface area contributed by atoms with Gasteiger partial charge in [-0.15, -0.1) is 0 Å². The lowest BCUT2D eigenvalue weighted by Gasteiger charge is -2.27. The summed E-state index contributed by atoms with van der Waals surface area (Å²) in [5.74, 6) is 1.21. The lowest BCUT2D eigenvalue weighted by Crippen LogP contribution is -2.21. The van der Waals surface area contributed by atoms with E-state index in [9.17, 15) is 10.1 Å². The summed E-state index contributed by atoms with van der Waals surface area (Å²) in [6.07, 6.45) is 0. The van der Waals surface area contributed by atoms with Crippen molar-refractivity contribution in [1.29, 1.82) is 5.26 Å². The van der Waals surface area contributed by atoms with Crippen molar-refractivity contribution >= 4 is 5.97 Å². The van der Waals surface area contributed by atoms with Gasteiger partial charge in [-0.3, -0.25) is 0 Å². The van der Waals surface area contributed by atoms with Crippen LogP contribution >= 0.6 is 0 Å². The van der Waals surface area contributed by atoms with E-state index >= 15 is 0 Å². The summed E-state index contributed by atoms with van der Waals surface area (Å²) in [6, 6.07) is 19.2. The fourth-order valence-electron chi connectivity index (χ4n) is 3.79. The van der Waals surface area contributed by atoms with Crippen molar-refractivity contribution < 1.29 is 28.5 Å². The summed E-state index contributed by atoms with van der Waals surface area (Å²) in [5, 5.41) is 9.78. The minimum absolute atomic E-state index is 0.0222. The van der Waals surface area contributed by atoms with Crippen LogP contribution in [-0.4, -0.2) is 27.3 Å². The van der Waals surface area contributed by atoms with E-state index in [1.54, 1.807) is 61.7 Å². The molecule has 8 heteroatoms. The number of allylic oxidation sites excluding steroid dienone is 1. The summed E-state index contributed by atoms with van der Waals surface area (Å²) >= 11 is 0. The monoisotopic (exact) mass is 458 g/mol. The number of esters is 1. The van der Waals surface area contributed by atoms with Crippen LogP contribution in [0.2, 0.25) is 0 Å². The number of nitrogens with two attached hydrogens (primary N) is 1. The van der Waals surface area contributed by atoms with Gasteiger partial charge in [-0.1, -0.05) is 18.2 Å². The molecule has 0 saturated heterocycles. The second-order valence-electron chi connectivity index (χ2n) is 7.36. The zero-order chi connectivity index (χ0) is 24.2. The summed E-state index contributed by atoms with van der Waals surface area (Å²) in [5.41, 5.74) is 8.16. The number of nitriles is 1. The predicted molar refractivity (Wildman–Crippen MR) is 123 cm³/mol. The van der Waals surface area contributed by atoms with Gasteiger partial charge in [-0.05, 0) is 42.0 Å². The van der Waals surface area contributed by atoms with Crippen LogP contribution in [0, 0.1) is 11.3 Å². The number of hydrogen-bond acceptors (Lipinski definition) is 8. The van der Waals surface area contributed by atoms with Crippen LogP contribution in [0.5, 0.6) is 28.7 Å². The molecule has 0 radical (unpaired) electrons. The molecule has 172 valence electrons. The highest BCUT2D eigenvalue weighted by atomic mass is 16.5. The van der Waals surface area contributed by atoms with Gasteiger partial charge >= 0.3 is 5.97 Å². The van der Waals surface area contributed by atoms with Crippen LogP contribution in [0.25, 0.3) is 0 Å². The Kier molecular flexibility index (Phi) is 6.28. The molecule has 0 aliphatic carbocycles. The summed E-state index contributed by atoms with van der Waals surface area (Å²) < 4.78 is 27.1. The van der Waals surface area contributed by atoms with Gasteiger partial charge in [0.1, 0.15) is 28.9 Å². The minimum Gasteiger partial charge on any atom is -0.497 e. The molecule has 3 aromatic rings. The number of nitrogens with zero attached hydrogens (tertiary/aromatic N) is 1. The number of carbonyl (C=O) groups excluding carboxylic acids is 1. The van der Waals surface area contributed by atoms with Crippen molar-refractivity contribution in [2.24, 2.45) is 5.73 Å². The van der Waals surface area contributed by atoms with E-state index in [-0.39, 0.29) is 17.2 Å². The topological polar surface area (TPSA) is 113 Å². The number of fused-ring (bicyclic) bond motifs is 1. The molecule has 3 aromatic carbocycles. The van der Waals surface area contributed by atoms with Crippen LogP contribution in [-0.2, 0) is 0 Å². The molecule has 0 saturated carbocycles. The van der Waals surface area contributed by atoms with E-state index in [2.05, 4.69) is 6.07 Å². The fourth-order valence-corrected chi connectivity index (χ4v) is 3.79. The fraction of sp³-hybridized carbons (Fsp3) is 0.154.